The predicted molar refractivity (Wildman–Crippen MR) is 92.2 cm³/mol. The first-order valence-corrected chi connectivity index (χ1v) is 8.87. The summed E-state index contributed by atoms with van der Waals surface area (Å²) >= 11 is 0. The Balaban J connectivity index is 1.36. The normalized spacial score (nSPS) is 19.8. The van der Waals surface area contributed by atoms with Gasteiger partial charge in [-0.05, 0) is 43.0 Å². The van der Waals surface area contributed by atoms with Crippen molar-refractivity contribution in [2.24, 2.45) is 5.92 Å². The van der Waals surface area contributed by atoms with E-state index in [4.69, 9.17) is 4.74 Å². The number of pyridine rings is 1. The van der Waals surface area contributed by atoms with Crippen molar-refractivity contribution in [2.75, 3.05) is 19.8 Å². The first-order valence-electron chi connectivity index (χ1n) is 8.87. The van der Waals surface area contributed by atoms with Crippen molar-refractivity contribution in [3.63, 3.8) is 0 Å². The Labute approximate surface area is 147 Å². The smallest absolute Gasteiger partial charge is 0.317 e. The van der Waals surface area contributed by atoms with E-state index < -0.39 is 0 Å². The van der Waals surface area contributed by atoms with E-state index in [2.05, 4.69) is 15.4 Å². The Kier molecular flexibility index (Phi) is 4.65. The largest absolute Gasteiger partial charge is 0.381 e. The van der Waals surface area contributed by atoms with Crippen LogP contribution in [0.2, 0.25) is 0 Å². The van der Waals surface area contributed by atoms with Crippen LogP contribution in [-0.2, 0) is 11.3 Å². The van der Waals surface area contributed by atoms with Crippen LogP contribution >= 0.6 is 0 Å². The van der Waals surface area contributed by atoms with Gasteiger partial charge in [-0.25, -0.2) is 14.5 Å². The highest BCUT2D eigenvalue weighted by molar-refractivity contribution is 5.75. The molecule has 1 aliphatic heterocycles. The number of urea groups is 1. The fraction of sp³-hybridized carbons (Fsp3) is 0.500. The number of nitrogens with zero attached hydrogens (tertiary/aromatic N) is 4. The number of carbonyl (C=O) groups excluding carboxylic acids is 1. The number of carbonyl (C=O) groups is 1. The van der Waals surface area contributed by atoms with E-state index in [1.165, 1.54) is 0 Å². The molecule has 1 N–H and O–H groups in total. The van der Waals surface area contributed by atoms with Crippen LogP contribution in [0.1, 0.15) is 24.8 Å². The van der Waals surface area contributed by atoms with E-state index in [9.17, 15) is 4.79 Å². The van der Waals surface area contributed by atoms with Gasteiger partial charge in [0.05, 0.1) is 6.61 Å². The Morgan fingerprint density at radius 2 is 2.28 bits per heavy atom. The third kappa shape index (κ3) is 3.99. The van der Waals surface area contributed by atoms with Crippen molar-refractivity contribution in [3.8, 4) is 5.82 Å². The van der Waals surface area contributed by atoms with Gasteiger partial charge in [-0.15, -0.1) is 0 Å². The van der Waals surface area contributed by atoms with Gasteiger partial charge in [0, 0.05) is 50.2 Å². The summed E-state index contributed by atoms with van der Waals surface area (Å²) in [4.78, 5) is 18.9. The average molecular weight is 341 g/mol. The van der Waals surface area contributed by atoms with Gasteiger partial charge in [-0.2, -0.15) is 5.10 Å². The Hall–Kier alpha value is -2.41. The molecule has 2 aliphatic rings. The number of aromatic nitrogens is 3. The number of rotatable bonds is 6. The summed E-state index contributed by atoms with van der Waals surface area (Å²) in [6.45, 7) is 2.87. The van der Waals surface area contributed by atoms with Crippen LogP contribution in [0.5, 0.6) is 0 Å². The molecule has 0 bridgehead atoms. The molecule has 2 amide bonds. The second kappa shape index (κ2) is 7.23. The highest BCUT2D eigenvalue weighted by Gasteiger charge is 2.34. The van der Waals surface area contributed by atoms with Gasteiger partial charge in [0.1, 0.15) is 0 Å². The van der Waals surface area contributed by atoms with E-state index in [0.29, 0.717) is 18.5 Å². The zero-order valence-electron chi connectivity index (χ0n) is 14.2. The van der Waals surface area contributed by atoms with E-state index in [-0.39, 0.29) is 6.03 Å². The second-order valence-corrected chi connectivity index (χ2v) is 6.74. The number of ether oxygens (including phenoxy) is 1. The lowest BCUT2D eigenvalue weighted by Gasteiger charge is -2.25. The first-order chi connectivity index (χ1) is 12.3. The van der Waals surface area contributed by atoms with Crippen LogP contribution < -0.4 is 5.32 Å². The van der Waals surface area contributed by atoms with Crippen LogP contribution in [0, 0.1) is 5.92 Å². The van der Waals surface area contributed by atoms with Crippen molar-refractivity contribution in [1.82, 2.24) is 25.0 Å². The molecule has 7 nitrogen and oxygen atoms in total. The topological polar surface area (TPSA) is 72.3 Å². The monoisotopic (exact) mass is 341 g/mol. The van der Waals surface area contributed by atoms with E-state index >= 15 is 0 Å². The molecule has 1 aliphatic carbocycles. The Morgan fingerprint density at radius 1 is 1.36 bits per heavy atom. The summed E-state index contributed by atoms with van der Waals surface area (Å²) < 4.78 is 7.15. The van der Waals surface area contributed by atoms with Gasteiger partial charge in [-0.1, -0.05) is 0 Å². The number of hydrogen-bond acceptors (Lipinski definition) is 4. The van der Waals surface area contributed by atoms with Crippen molar-refractivity contribution in [3.05, 3.63) is 42.4 Å². The SMILES string of the molecule is O=C(NCc1ccnc(-n2cccn2)c1)N(C[C@H]1CCOC1)C1CC1. The standard InChI is InChI=1S/C18H23N5O2/c24-18(22(16-2-3-16)12-15-5-9-25-13-15)20-11-14-4-7-19-17(10-14)23-8-1-6-21-23/h1,4,6-8,10,15-16H,2-3,5,9,11-13H2,(H,20,24)/t15-/m1/s1. The molecular weight excluding hydrogens is 318 g/mol. The molecule has 0 unspecified atom stereocenters. The number of nitrogens with one attached hydrogen (secondary N) is 1. The number of amides is 2. The lowest BCUT2D eigenvalue weighted by atomic mass is 10.1. The molecule has 4 rings (SSSR count). The van der Waals surface area contributed by atoms with Crippen molar-refractivity contribution in [1.29, 1.82) is 0 Å². The Bertz CT molecular complexity index is 708. The molecule has 7 heteroatoms. The zero-order chi connectivity index (χ0) is 17.1. The highest BCUT2D eigenvalue weighted by atomic mass is 16.5. The fourth-order valence-electron chi connectivity index (χ4n) is 3.17. The maximum Gasteiger partial charge on any atom is 0.317 e. The molecule has 0 spiro atoms. The lowest BCUT2D eigenvalue weighted by molar-refractivity contribution is 0.162. The van der Waals surface area contributed by atoms with Crippen LogP contribution in [0.25, 0.3) is 5.82 Å². The second-order valence-electron chi connectivity index (χ2n) is 6.74. The molecule has 2 aromatic rings. The lowest BCUT2D eigenvalue weighted by Crippen LogP contribution is -2.43. The van der Waals surface area contributed by atoms with Crippen molar-refractivity contribution >= 4 is 6.03 Å². The molecule has 1 saturated heterocycles. The van der Waals surface area contributed by atoms with E-state index in [1.54, 1.807) is 17.1 Å². The van der Waals surface area contributed by atoms with Gasteiger partial charge < -0.3 is 15.0 Å². The maximum absolute atomic E-state index is 12.6. The molecule has 25 heavy (non-hydrogen) atoms. The summed E-state index contributed by atoms with van der Waals surface area (Å²) in [6.07, 6.45) is 8.58. The van der Waals surface area contributed by atoms with Crippen LogP contribution in [-0.4, -0.2) is 51.5 Å². The van der Waals surface area contributed by atoms with Gasteiger partial charge >= 0.3 is 6.03 Å². The highest BCUT2D eigenvalue weighted by Crippen LogP contribution is 2.29. The maximum atomic E-state index is 12.6. The van der Waals surface area contributed by atoms with Crippen molar-refractivity contribution in [2.45, 2.75) is 31.8 Å². The number of hydrogen-bond donors (Lipinski definition) is 1. The van der Waals surface area contributed by atoms with Crippen LogP contribution in [0.3, 0.4) is 0 Å². The molecule has 1 saturated carbocycles. The summed E-state index contributed by atoms with van der Waals surface area (Å²) in [6, 6.07) is 6.14. The predicted octanol–water partition coefficient (Wildman–Crippen LogP) is 1.98. The average Bonchev–Trinajstić information content (AvgIpc) is 3.12. The minimum atomic E-state index is 0.0202. The van der Waals surface area contributed by atoms with Crippen molar-refractivity contribution < 1.29 is 9.53 Å². The van der Waals surface area contributed by atoms with E-state index in [1.807, 2.05) is 29.3 Å². The Morgan fingerprint density at radius 3 is 3.00 bits per heavy atom. The first kappa shape index (κ1) is 16.1. The fourth-order valence-corrected chi connectivity index (χ4v) is 3.17. The van der Waals surface area contributed by atoms with Crippen LogP contribution in [0.4, 0.5) is 4.79 Å². The quantitative estimate of drug-likeness (QED) is 0.872. The molecule has 132 valence electrons. The molecule has 1 atom stereocenters. The summed E-state index contributed by atoms with van der Waals surface area (Å²) in [5, 5.41) is 7.24. The van der Waals surface area contributed by atoms with Gasteiger partial charge in [0.15, 0.2) is 5.82 Å². The van der Waals surface area contributed by atoms with Crippen LogP contribution in [0.15, 0.2) is 36.8 Å². The zero-order valence-corrected chi connectivity index (χ0v) is 14.2. The molecule has 0 radical (unpaired) electrons. The molecular formula is C18H23N5O2. The molecule has 3 heterocycles. The van der Waals surface area contributed by atoms with Gasteiger partial charge in [-0.3, -0.25) is 0 Å². The summed E-state index contributed by atoms with van der Waals surface area (Å²) in [7, 11) is 0. The minimum Gasteiger partial charge on any atom is -0.381 e. The van der Waals surface area contributed by atoms with Gasteiger partial charge in [0.25, 0.3) is 0 Å². The summed E-state index contributed by atoms with van der Waals surface area (Å²) in [5.74, 6) is 1.22. The molecule has 0 aromatic carbocycles. The van der Waals surface area contributed by atoms with E-state index in [0.717, 1.165) is 50.4 Å². The molecule has 2 aromatic heterocycles. The third-order valence-corrected chi connectivity index (χ3v) is 4.72. The van der Waals surface area contributed by atoms with Gasteiger partial charge in [0.2, 0.25) is 0 Å². The third-order valence-electron chi connectivity index (χ3n) is 4.72. The minimum absolute atomic E-state index is 0.0202. The summed E-state index contributed by atoms with van der Waals surface area (Å²) in [5.41, 5.74) is 1.01. The molecule has 2 fully saturated rings.